The highest BCUT2D eigenvalue weighted by atomic mass is 32.2. The maximum atomic E-state index is 13.4. The predicted molar refractivity (Wildman–Crippen MR) is 114 cm³/mol. The van der Waals surface area contributed by atoms with Gasteiger partial charge in [-0.3, -0.25) is 9.89 Å². The van der Waals surface area contributed by atoms with E-state index in [1.54, 1.807) is 35.2 Å². The second-order valence-electron chi connectivity index (χ2n) is 8.14. The Morgan fingerprint density at radius 1 is 1.13 bits per heavy atom. The average molecular weight is 439 g/mol. The van der Waals surface area contributed by atoms with Gasteiger partial charge in [0.15, 0.2) is 9.84 Å². The summed E-state index contributed by atoms with van der Waals surface area (Å²) in [7, 11) is -3.21. The van der Waals surface area contributed by atoms with Crippen LogP contribution in [-0.2, 0) is 9.84 Å². The summed E-state index contributed by atoms with van der Waals surface area (Å²) in [6, 6.07) is 10.6. The van der Waals surface area contributed by atoms with E-state index in [0.29, 0.717) is 28.9 Å². The zero-order chi connectivity index (χ0) is 21.9. The molecule has 160 valence electrons. The normalized spacial score (nSPS) is 22.1. The lowest BCUT2D eigenvalue weighted by Crippen LogP contribution is -2.40. The number of nitrogens with one attached hydrogen (secondary N) is 1. The van der Waals surface area contributed by atoms with Gasteiger partial charge in [0.25, 0.3) is 5.91 Å². The molecule has 0 bridgehead atoms. The van der Waals surface area contributed by atoms with Crippen molar-refractivity contribution in [1.82, 2.24) is 15.1 Å². The van der Waals surface area contributed by atoms with Crippen LogP contribution in [0.15, 0.2) is 42.5 Å². The van der Waals surface area contributed by atoms with E-state index in [-0.39, 0.29) is 28.9 Å². The van der Waals surface area contributed by atoms with E-state index >= 15 is 0 Å². The van der Waals surface area contributed by atoms with Crippen LogP contribution in [0, 0.1) is 6.92 Å². The molecule has 0 spiro atoms. The first-order valence-corrected chi connectivity index (χ1v) is 11.8. The highest BCUT2D eigenvalue weighted by Crippen LogP contribution is 2.46. The standard InChI is InChI=1S/C22H21N3O5S/c1-12-2-7-17(27)16(10-12)19-18-20(24-23-19)22(28)25(14-8-9-31(29,30)11-14)21(18)13-3-5-15(26)6-4-13/h2-7,10,14,21,26-27H,8-9,11H2,1H3,(H,23,24). The number of aromatic amines is 1. The van der Waals surface area contributed by atoms with E-state index in [2.05, 4.69) is 10.2 Å². The number of benzene rings is 2. The maximum Gasteiger partial charge on any atom is 0.273 e. The zero-order valence-electron chi connectivity index (χ0n) is 16.7. The molecule has 3 aromatic rings. The summed E-state index contributed by atoms with van der Waals surface area (Å²) in [6.45, 7) is 1.90. The number of carbonyl (C=O) groups is 1. The number of carbonyl (C=O) groups excluding carboxylic acids is 1. The molecule has 8 nitrogen and oxygen atoms in total. The lowest BCUT2D eigenvalue weighted by molar-refractivity contribution is 0.0678. The third-order valence-corrected chi connectivity index (χ3v) is 7.77. The number of H-pyrrole nitrogens is 1. The molecule has 2 atom stereocenters. The van der Waals surface area contributed by atoms with E-state index in [1.807, 2.05) is 6.92 Å². The monoisotopic (exact) mass is 439 g/mol. The van der Waals surface area contributed by atoms with Crippen LogP contribution in [-0.4, -0.2) is 57.2 Å². The molecule has 3 N–H and O–H groups in total. The van der Waals surface area contributed by atoms with Crippen LogP contribution in [0.1, 0.15) is 39.6 Å². The van der Waals surface area contributed by atoms with Crippen LogP contribution in [0.3, 0.4) is 0 Å². The minimum absolute atomic E-state index is 0.0405. The number of aromatic hydroxyl groups is 2. The molecule has 1 fully saturated rings. The van der Waals surface area contributed by atoms with Gasteiger partial charge in [-0.15, -0.1) is 0 Å². The number of hydrogen-bond donors (Lipinski definition) is 3. The molecule has 2 unspecified atom stereocenters. The Bertz CT molecular complexity index is 1300. The summed E-state index contributed by atoms with van der Waals surface area (Å²) >= 11 is 0. The van der Waals surface area contributed by atoms with Crippen molar-refractivity contribution in [1.29, 1.82) is 0 Å². The van der Waals surface area contributed by atoms with Crippen LogP contribution in [0.25, 0.3) is 11.3 Å². The van der Waals surface area contributed by atoms with Gasteiger partial charge in [0, 0.05) is 17.2 Å². The highest BCUT2D eigenvalue weighted by molar-refractivity contribution is 7.91. The van der Waals surface area contributed by atoms with Gasteiger partial charge < -0.3 is 15.1 Å². The van der Waals surface area contributed by atoms with Gasteiger partial charge in [-0.05, 0) is 43.2 Å². The average Bonchev–Trinajstić information content (AvgIpc) is 3.38. The van der Waals surface area contributed by atoms with Crippen LogP contribution in [0.5, 0.6) is 11.5 Å². The summed E-state index contributed by atoms with van der Waals surface area (Å²) in [6.07, 6.45) is 0.366. The fraction of sp³-hybridized carbons (Fsp3) is 0.273. The van der Waals surface area contributed by atoms with Crippen LogP contribution < -0.4 is 0 Å². The Morgan fingerprint density at radius 2 is 1.87 bits per heavy atom. The predicted octanol–water partition coefficient (Wildman–Crippen LogP) is 2.53. The summed E-state index contributed by atoms with van der Waals surface area (Å²) in [4.78, 5) is 15.0. The topological polar surface area (TPSA) is 124 Å². The van der Waals surface area contributed by atoms with Gasteiger partial charge in [0.1, 0.15) is 22.9 Å². The van der Waals surface area contributed by atoms with Crippen molar-refractivity contribution < 1.29 is 23.4 Å². The fourth-order valence-electron chi connectivity index (χ4n) is 4.57. The Labute approximate surface area is 179 Å². The molecule has 5 rings (SSSR count). The van der Waals surface area contributed by atoms with E-state index in [0.717, 1.165) is 11.1 Å². The summed E-state index contributed by atoms with van der Waals surface area (Å²) in [5, 5.41) is 27.4. The molecule has 0 saturated carbocycles. The van der Waals surface area contributed by atoms with Crippen molar-refractivity contribution in [3.8, 4) is 22.8 Å². The van der Waals surface area contributed by atoms with Crippen molar-refractivity contribution in [2.24, 2.45) is 0 Å². The lowest BCUT2D eigenvalue weighted by atomic mass is 9.94. The molecule has 2 aliphatic heterocycles. The fourth-order valence-corrected chi connectivity index (χ4v) is 6.28. The number of aryl methyl sites for hydroxylation is 1. The van der Waals surface area contributed by atoms with Gasteiger partial charge >= 0.3 is 0 Å². The van der Waals surface area contributed by atoms with E-state index in [4.69, 9.17) is 0 Å². The number of nitrogens with zero attached hydrogens (tertiary/aromatic N) is 2. The van der Waals surface area contributed by atoms with Crippen molar-refractivity contribution >= 4 is 15.7 Å². The number of phenols is 2. The van der Waals surface area contributed by atoms with Crippen molar-refractivity contribution in [2.75, 3.05) is 11.5 Å². The van der Waals surface area contributed by atoms with Gasteiger partial charge in [-0.1, -0.05) is 23.8 Å². The third kappa shape index (κ3) is 3.16. The Balaban J connectivity index is 1.70. The van der Waals surface area contributed by atoms with Gasteiger partial charge in [-0.2, -0.15) is 5.10 Å². The van der Waals surface area contributed by atoms with E-state index < -0.39 is 21.9 Å². The number of fused-ring (bicyclic) bond motifs is 1. The van der Waals surface area contributed by atoms with Gasteiger partial charge in [0.05, 0.1) is 17.5 Å². The number of rotatable bonds is 3. The minimum Gasteiger partial charge on any atom is -0.508 e. The number of aromatic nitrogens is 2. The number of hydrogen-bond acceptors (Lipinski definition) is 6. The minimum atomic E-state index is -3.21. The van der Waals surface area contributed by atoms with E-state index in [9.17, 15) is 23.4 Å². The highest BCUT2D eigenvalue weighted by Gasteiger charge is 2.48. The number of phenolic OH excluding ortho intramolecular Hbond substituents is 2. The molecule has 9 heteroatoms. The van der Waals surface area contributed by atoms with Crippen LogP contribution in [0.2, 0.25) is 0 Å². The Kier molecular flexibility index (Phi) is 4.33. The molecule has 2 aromatic carbocycles. The summed E-state index contributed by atoms with van der Waals surface area (Å²) in [5.41, 5.74) is 3.48. The number of amides is 1. The Morgan fingerprint density at radius 3 is 2.55 bits per heavy atom. The smallest absolute Gasteiger partial charge is 0.273 e. The lowest BCUT2D eigenvalue weighted by Gasteiger charge is -2.31. The quantitative estimate of drug-likeness (QED) is 0.576. The molecule has 1 amide bonds. The molecule has 0 aliphatic carbocycles. The molecule has 1 aromatic heterocycles. The second kappa shape index (κ2) is 6.84. The van der Waals surface area contributed by atoms with E-state index in [1.165, 1.54) is 12.1 Å². The maximum absolute atomic E-state index is 13.4. The molecule has 1 saturated heterocycles. The van der Waals surface area contributed by atoms with Crippen molar-refractivity contribution in [3.63, 3.8) is 0 Å². The first-order valence-electron chi connectivity index (χ1n) is 9.95. The summed E-state index contributed by atoms with van der Waals surface area (Å²) < 4.78 is 24.3. The largest absolute Gasteiger partial charge is 0.508 e. The molecular formula is C22H21N3O5S. The van der Waals surface area contributed by atoms with Gasteiger partial charge in [-0.25, -0.2) is 8.42 Å². The first-order chi connectivity index (χ1) is 14.7. The van der Waals surface area contributed by atoms with Crippen molar-refractivity contribution in [2.45, 2.75) is 25.4 Å². The first kappa shape index (κ1) is 19.6. The molecule has 3 heterocycles. The van der Waals surface area contributed by atoms with Crippen molar-refractivity contribution in [3.05, 3.63) is 64.8 Å². The van der Waals surface area contributed by atoms with Crippen LogP contribution in [0.4, 0.5) is 0 Å². The third-order valence-electron chi connectivity index (χ3n) is 6.02. The molecular weight excluding hydrogens is 418 g/mol. The van der Waals surface area contributed by atoms with Crippen LogP contribution >= 0.6 is 0 Å². The second-order valence-corrected chi connectivity index (χ2v) is 10.4. The number of sulfone groups is 1. The Hall–Kier alpha value is -3.33. The molecule has 0 radical (unpaired) electrons. The molecule has 31 heavy (non-hydrogen) atoms. The molecule has 2 aliphatic rings. The zero-order valence-corrected chi connectivity index (χ0v) is 17.6. The van der Waals surface area contributed by atoms with Gasteiger partial charge in [0.2, 0.25) is 0 Å². The summed E-state index contributed by atoms with van der Waals surface area (Å²) in [5.74, 6) is -0.232. The SMILES string of the molecule is Cc1ccc(O)c(-c2n[nH]c3c2C(c2ccc(O)cc2)N(C2CCS(=O)(=O)C2)C3=O)c1.